The highest BCUT2D eigenvalue weighted by Crippen LogP contribution is 2.38. The molecule has 4 heteroatoms. The number of rotatable bonds is 6. The molecular formula is C17H27N3O. The fourth-order valence-electron chi connectivity index (χ4n) is 3.20. The number of nitrogens with two attached hydrogens (primary N) is 2. The minimum atomic E-state index is -0.157. The van der Waals surface area contributed by atoms with Gasteiger partial charge < -0.3 is 16.8 Å². The van der Waals surface area contributed by atoms with Crippen LogP contribution in [0.25, 0.3) is 0 Å². The first-order valence-electron chi connectivity index (χ1n) is 7.92. The molecule has 0 saturated heterocycles. The molecule has 1 aromatic carbocycles. The first-order valence-corrected chi connectivity index (χ1v) is 7.92. The van der Waals surface area contributed by atoms with Crippen LogP contribution in [0, 0.1) is 5.41 Å². The zero-order valence-corrected chi connectivity index (χ0v) is 12.7. The highest BCUT2D eigenvalue weighted by Gasteiger charge is 2.32. The molecule has 1 aliphatic rings. The number of nitrogens with one attached hydrogen (secondary N) is 1. The molecule has 1 unspecified atom stereocenters. The Hall–Kier alpha value is -1.39. The van der Waals surface area contributed by atoms with Gasteiger partial charge in [-0.2, -0.15) is 0 Å². The van der Waals surface area contributed by atoms with E-state index in [1.54, 1.807) is 0 Å². The Labute approximate surface area is 127 Å². The summed E-state index contributed by atoms with van der Waals surface area (Å²) in [5.74, 6) is 0.0775. The molecule has 0 aliphatic heterocycles. The molecule has 116 valence electrons. The van der Waals surface area contributed by atoms with E-state index in [1.165, 1.54) is 19.3 Å². The highest BCUT2D eigenvalue weighted by atomic mass is 16.1. The van der Waals surface area contributed by atoms with E-state index in [9.17, 15) is 4.79 Å². The average molecular weight is 289 g/mol. The predicted octanol–water partition coefficient (Wildman–Crippen LogP) is 2.10. The molecule has 0 spiro atoms. The second-order valence-corrected chi connectivity index (χ2v) is 6.26. The van der Waals surface area contributed by atoms with Gasteiger partial charge in [0.15, 0.2) is 0 Å². The zero-order valence-electron chi connectivity index (χ0n) is 12.7. The van der Waals surface area contributed by atoms with Gasteiger partial charge in [0.05, 0.1) is 0 Å². The summed E-state index contributed by atoms with van der Waals surface area (Å²) in [6.07, 6.45) is 6.32. The standard InChI is InChI=1S/C17H27N3O/c18-13-17(9-5-2-6-10-17)11-16(21)20-12-15(19)14-7-3-1-4-8-14/h1,3-4,7-8,15H,2,5-6,9-13,18-19H2,(H,20,21). The van der Waals surface area contributed by atoms with E-state index in [0.717, 1.165) is 18.4 Å². The van der Waals surface area contributed by atoms with E-state index in [0.29, 0.717) is 19.5 Å². The van der Waals surface area contributed by atoms with Crippen molar-refractivity contribution in [1.29, 1.82) is 0 Å². The van der Waals surface area contributed by atoms with Crippen LogP contribution >= 0.6 is 0 Å². The van der Waals surface area contributed by atoms with E-state index in [4.69, 9.17) is 11.5 Å². The summed E-state index contributed by atoms with van der Waals surface area (Å²) in [4.78, 5) is 12.2. The van der Waals surface area contributed by atoms with E-state index < -0.39 is 0 Å². The van der Waals surface area contributed by atoms with Gasteiger partial charge in [-0.05, 0) is 30.4 Å². The summed E-state index contributed by atoms with van der Waals surface area (Å²) in [5, 5.41) is 2.97. The molecular weight excluding hydrogens is 262 g/mol. The lowest BCUT2D eigenvalue weighted by atomic mass is 9.71. The van der Waals surface area contributed by atoms with E-state index >= 15 is 0 Å². The Morgan fingerprint density at radius 1 is 1.19 bits per heavy atom. The van der Waals surface area contributed by atoms with Gasteiger partial charge in [0.2, 0.25) is 5.91 Å². The molecule has 0 aromatic heterocycles. The molecule has 4 nitrogen and oxygen atoms in total. The van der Waals surface area contributed by atoms with Gasteiger partial charge in [-0.15, -0.1) is 0 Å². The maximum absolute atomic E-state index is 12.2. The largest absolute Gasteiger partial charge is 0.354 e. The normalized spacial score (nSPS) is 19.0. The average Bonchev–Trinajstić information content (AvgIpc) is 2.54. The van der Waals surface area contributed by atoms with Gasteiger partial charge in [0.25, 0.3) is 0 Å². The minimum absolute atomic E-state index is 0.0131. The molecule has 1 atom stereocenters. The first-order chi connectivity index (χ1) is 10.2. The van der Waals surface area contributed by atoms with Crippen molar-refractivity contribution in [3.05, 3.63) is 35.9 Å². The number of carbonyl (C=O) groups is 1. The fourth-order valence-corrected chi connectivity index (χ4v) is 3.20. The smallest absolute Gasteiger partial charge is 0.220 e. The summed E-state index contributed by atoms with van der Waals surface area (Å²) in [5.41, 5.74) is 13.1. The van der Waals surface area contributed by atoms with Crippen LogP contribution in [0.2, 0.25) is 0 Å². The molecule has 1 amide bonds. The molecule has 0 heterocycles. The van der Waals surface area contributed by atoms with Gasteiger partial charge in [-0.1, -0.05) is 49.6 Å². The van der Waals surface area contributed by atoms with Crippen molar-refractivity contribution in [3.8, 4) is 0 Å². The summed E-state index contributed by atoms with van der Waals surface area (Å²) in [7, 11) is 0. The Kier molecular flexibility index (Phi) is 5.76. The molecule has 21 heavy (non-hydrogen) atoms. The molecule has 1 fully saturated rings. The maximum atomic E-state index is 12.2. The van der Waals surface area contributed by atoms with Crippen molar-refractivity contribution >= 4 is 5.91 Å². The lowest BCUT2D eigenvalue weighted by Gasteiger charge is -2.35. The third-order valence-electron chi connectivity index (χ3n) is 4.63. The van der Waals surface area contributed by atoms with E-state index in [2.05, 4.69) is 5.32 Å². The van der Waals surface area contributed by atoms with Crippen molar-refractivity contribution in [2.24, 2.45) is 16.9 Å². The zero-order chi connectivity index (χ0) is 15.1. The maximum Gasteiger partial charge on any atom is 0.220 e. The van der Waals surface area contributed by atoms with Crippen LogP contribution in [0.4, 0.5) is 0 Å². The molecule has 1 aromatic rings. The number of hydrogen-bond donors (Lipinski definition) is 3. The van der Waals surface area contributed by atoms with Crippen molar-refractivity contribution in [2.45, 2.75) is 44.6 Å². The van der Waals surface area contributed by atoms with Crippen LogP contribution in [0.3, 0.4) is 0 Å². The third-order valence-corrected chi connectivity index (χ3v) is 4.63. The highest BCUT2D eigenvalue weighted by molar-refractivity contribution is 5.76. The summed E-state index contributed by atoms with van der Waals surface area (Å²) < 4.78 is 0. The van der Waals surface area contributed by atoms with Crippen molar-refractivity contribution in [2.75, 3.05) is 13.1 Å². The predicted molar refractivity (Wildman–Crippen MR) is 85.6 cm³/mol. The first kappa shape index (κ1) is 16.0. The molecule has 2 rings (SSSR count). The Morgan fingerprint density at radius 3 is 2.48 bits per heavy atom. The number of amides is 1. The lowest BCUT2D eigenvalue weighted by Crippen LogP contribution is -2.40. The van der Waals surface area contributed by atoms with Crippen LogP contribution in [-0.2, 0) is 4.79 Å². The van der Waals surface area contributed by atoms with Crippen LogP contribution in [-0.4, -0.2) is 19.0 Å². The lowest BCUT2D eigenvalue weighted by molar-refractivity contribution is -0.123. The monoisotopic (exact) mass is 289 g/mol. The molecule has 5 N–H and O–H groups in total. The number of carbonyl (C=O) groups excluding carboxylic acids is 1. The van der Waals surface area contributed by atoms with E-state index in [-0.39, 0.29) is 17.4 Å². The van der Waals surface area contributed by atoms with Crippen molar-refractivity contribution in [1.82, 2.24) is 5.32 Å². The minimum Gasteiger partial charge on any atom is -0.354 e. The van der Waals surface area contributed by atoms with E-state index in [1.807, 2.05) is 30.3 Å². The number of hydrogen-bond acceptors (Lipinski definition) is 3. The van der Waals surface area contributed by atoms with Gasteiger partial charge in [0, 0.05) is 19.0 Å². The SMILES string of the molecule is NCC1(CC(=O)NCC(N)c2ccccc2)CCCCC1. The summed E-state index contributed by atoms with van der Waals surface area (Å²) >= 11 is 0. The Bertz CT molecular complexity index is 441. The Balaban J connectivity index is 1.81. The van der Waals surface area contributed by atoms with Crippen LogP contribution in [0.15, 0.2) is 30.3 Å². The second kappa shape index (κ2) is 7.57. The van der Waals surface area contributed by atoms with Gasteiger partial charge in [-0.25, -0.2) is 0 Å². The van der Waals surface area contributed by atoms with Gasteiger partial charge in [-0.3, -0.25) is 4.79 Å². The Morgan fingerprint density at radius 2 is 1.86 bits per heavy atom. The summed E-state index contributed by atoms with van der Waals surface area (Å²) in [6, 6.07) is 9.70. The second-order valence-electron chi connectivity index (χ2n) is 6.26. The summed E-state index contributed by atoms with van der Waals surface area (Å²) in [6.45, 7) is 1.08. The van der Waals surface area contributed by atoms with Gasteiger partial charge >= 0.3 is 0 Å². The van der Waals surface area contributed by atoms with Crippen LogP contribution < -0.4 is 16.8 Å². The molecule has 0 radical (unpaired) electrons. The van der Waals surface area contributed by atoms with Crippen molar-refractivity contribution in [3.63, 3.8) is 0 Å². The van der Waals surface area contributed by atoms with Crippen molar-refractivity contribution < 1.29 is 4.79 Å². The quantitative estimate of drug-likeness (QED) is 0.750. The molecule has 0 bridgehead atoms. The molecule has 1 aliphatic carbocycles. The van der Waals surface area contributed by atoms with Crippen LogP contribution in [0.1, 0.15) is 50.1 Å². The van der Waals surface area contributed by atoms with Gasteiger partial charge in [0.1, 0.15) is 0 Å². The number of benzene rings is 1. The van der Waals surface area contributed by atoms with Crippen LogP contribution in [0.5, 0.6) is 0 Å². The fraction of sp³-hybridized carbons (Fsp3) is 0.588. The topological polar surface area (TPSA) is 81.1 Å². The third kappa shape index (κ3) is 4.55. The molecule has 1 saturated carbocycles.